The highest BCUT2D eigenvalue weighted by Gasteiger charge is 2.39. The SMILES string of the molecule is COc1ccc(S(=O)(=O)N2CCCC2C(=O)N=c2sc3cc(C)ccc3n2C)cc1. The van der Waals surface area contributed by atoms with E-state index >= 15 is 0 Å². The predicted octanol–water partition coefficient (Wildman–Crippen LogP) is 2.84. The average molecular weight is 446 g/mol. The van der Waals surface area contributed by atoms with Crippen LogP contribution in [0.25, 0.3) is 10.2 Å². The molecule has 9 heteroatoms. The van der Waals surface area contributed by atoms with Crippen molar-refractivity contribution in [2.24, 2.45) is 12.0 Å². The van der Waals surface area contributed by atoms with E-state index in [1.165, 1.54) is 34.9 Å². The number of benzene rings is 2. The van der Waals surface area contributed by atoms with Gasteiger partial charge >= 0.3 is 0 Å². The molecular formula is C21H23N3O4S2. The monoisotopic (exact) mass is 445 g/mol. The number of fused-ring (bicyclic) bond motifs is 1. The first-order chi connectivity index (χ1) is 14.3. The highest BCUT2D eigenvalue weighted by atomic mass is 32.2. The van der Waals surface area contributed by atoms with Gasteiger partial charge in [0.2, 0.25) is 10.0 Å². The first-order valence-electron chi connectivity index (χ1n) is 9.62. The fraction of sp³-hybridized carbons (Fsp3) is 0.333. The molecule has 1 aliphatic heterocycles. The summed E-state index contributed by atoms with van der Waals surface area (Å²) in [5.41, 5.74) is 2.13. The molecule has 2 aromatic carbocycles. The summed E-state index contributed by atoms with van der Waals surface area (Å²) < 4.78 is 35.6. The number of carbonyl (C=O) groups excluding carboxylic acids is 1. The molecule has 1 saturated heterocycles. The Hall–Kier alpha value is -2.49. The largest absolute Gasteiger partial charge is 0.497 e. The molecule has 0 N–H and O–H groups in total. The summed E-state index contributed by atoms with van der Waals surface area (Å²) in [7, 11) is -0.412. The third-order valence-electron chi connectivity index (χ3n) is 5.33. The van der Waals surface area contributed by atoms with Gasteiger partial charge in [0.05, 0.1) is 22.2 Å². The fourth-order valence-electron chi connectivity index (χ4n) is 3.67. The summed E-state index contributed by atoms with van der Waals surface area (Å²) in [5.74, 6) is 0.147. The third kappa shape index (κ3) is 3.68. The van der Waals surface area contributed by atoms with Crippen molar-refractivity contribution in [1.82, 2.24) is 8.87 Å². The smallest absolute Gasteiger partial charge is 0.266 e. The zero-order valence-electron chi connectivity index (χ0n) is 17.0. The minimum Gasteiger partial charge on any atom is -0.497 e. The normalized spacial score (nSPS) is 18.2. The number of hydrogen-bond donors (Lipinski definition) is 0. The molecule has 0 spiro atoms. The second-order valence-corrected chi connectivity index (χ2v) is 10.2. The van der Waals surface area contributed by atoms with Gasteiger partial charge in [0, 0.05) is 13.6 Å². The van der Waals surface area contributed by atoms with Crippen LogP contribution in [0.1, 0.15) is 18.4 Å². The van der Waals surface area contributed by atoms with Crippen LogP contribution in [0.2, 0.25) is 0 Å². The summed E-state index contributed by atoms with van der Waals surface area (Å²) in [5, 5.41) is 0. The number of thiazole rings is 1. The molecule has 1 fully saturated rings. The van der Waals surface area contributed by atoms with Crippen molar-refractivity contribution in [3.8, 4) is 5.75 Å². The van der Waals surface area contributed by atoms with Crippen molar-refractivity contribution in [3.63, 3.8) is 0 Å². The van der Waals surface area contributed by atoms with Gasteiger partial charge in [-0.05, 0) is 61.7 Å². The molecule has 7 nitrogen and oxygen atoms in total. The molecule has 2 heterocycles. The molecule has 0 bridgehead atoms. The van der Waals surface area contributed by atoms with Crippen LogP contribution in [0.15, 0.2) is 52.4 Å². The molecule has 1 aliphatic rings. The maximum absolute atomic E-state index is 13.1. The molecule has 0 aliphatic carbocycles. The fourth-order valence-corrected chi connectivity index (χ4v) is 6.45. The quantitative estimate of drug-likeness (QED) is 0.618. The Labute approximate surface area is 179 Å². The molecule has 1 unspecified atom stereocenters. The lowest BCUT2D eigenvalue weighted by Gasteiger charge is -2.21. The Kier molecular flexibility index (Phi) is 5.52. The lowest BCUT2D eigenvalue weighted by Crippen LogP contribution is -2.40. The van der Waals surface area contributed by atoms with E-state index in [1.54, 1.807) is 12.1 Å². The predicted molar refractivity (Wildman–Crippen MR) is 116 cm³/mol. The van der Waals surface area contributed by atoms with Crippen molar-refractivity contribution < 1.29 is 17.9 Å². The van der Waals surface area contributed by atoms with Crippen LogP contribution in [0, 0.1) is 6.92 Å². The standard InChI is InChI=1S/C21H23N3O4S2/c1-14-6-11-17-19(13-14)29-21(23(17)2)22-20(25)18-5-4-12-24(18)30(26,27)16-9-7-15(28-3)8-10-16/h6-11,13,18H,4-5,12H2,1-3H3. The van der Waals surface area contributed by atoms with Crippen LogP contribution in [-0.4, -0.2) is 42.9 Å². The molecule has 1 atom stereocenters. The summed E-state index contributed by atoms with van der Waals surface area (Å²) in [6.45, 7) is 2.32. The molecule has 1 amide bonds. The molecule has 30 heavy (non-hydrogen) atoms. The first-order valence-corrected chi connectivity index (χ1v) is 11.9. The second kappa shape index (κ2) is 7.98. The zero-order valence-corrected chi connectivity index (χ0v) is 18.7. The van der Waals surface area contributed by atoms with Gasteiger partial charge in [0.1, 0.15) is 11.8 Å². The molecule has 1 aromatic heterocycles. The maximum atomic E-state index is 13.1. The number of carbonyl (C=O) groups is 1. The van der Waals surface area contributed by atoms with Crippen LogP contribution >= 0.6 is 11.3 Å². The number of ether oxygens (including phenoxy) is 1. The molecule has 158 valence electrons. The molecule has 4 rings (SSSR count). The van der Waals surface area contributed by atoms with Crippen molar-refractivity contribution in [1.29, 1.82) is 0 Å². The Morgan fingerprint density at radius 3 is 2.63 bits per heavy atom. The number of hydrogen-bond acceptors (Lipinski definition) is 5. The van der Waals surface area contributed by atoms with Gasteiger partial charge < -0.3 is 9.30 Å². The van der Waals surface area contributed by atoms with E-state index < -0.39 is 22.0 Å². The highest BCUT2D eigenvalue weighted by Crippen LogP contribution is 2.28. The number of aromatic nitrogens is 1. The summed E-state index contributed by atoms with van der Waals surface area (Å²) in [6, 6.07) is 11.5. The third-order valence-corrected chi connectivity index (χ3v) is 8.34. The van der Waals surface area contributed by atoms with Crippen LogP contribution in [-0.2, 0) is 21.9 Å². The Bertz CT molecular complexity index is 1270. The second-order valence-electron chi connectivity index (χ2n) is 7.31. The Morgan fingerprint density at radius 1 is 1.20 bits per heavy atom. The number of rotatable bonds is 4. The lowest BCUT2D eigenvalue weighted by atomic mass is 10.2. The van der Waals surface area contributed by atoms with Gasteiger partial charge in [0.25, 0.3) is 5.91 Å². The minimum atomic E-state index is -3.80. The topological polar surface area (TPSA) is 81.0 Å². The summed E-state index contributed by atoms with van der Waals surface area (Å²) in [6.07, 6.45) is 1.09. The lowest BCUT2D eigenvalue weighted by molar-refractivity contribution is -0.121. The Morgan fingerprint density at radius 2 is 1.93 bits per heavy atom. The molecule has 0 radical (unpaired) electrons. The molecule has 0 saturated carbocycles. The molecular weight excluding hydrogens is 422 g/mol. The van der Waals surface area contributed by atoms with E-state index in [9.17, 15) is 13.2 Å². The van der Waals surface area contributed by atoms with Gasteiger partial charge in [-0.15, -0.1) is 0 Å². The summed E-state index contributed by atoms with van der Waals surface area (Å²) in [4.78, 5) is 18.0. The minimum absolute atomic E-state index is 0.144. The van der Waals surface area contributed by atoms with Crippen LogP contribution in [0.4, 0.5) is 0 Å². The van der Waals surface area contributed by atoms with E-state index in [-0.39, 0.29) is 4.90 Å². The first kappa shape index (κ1) is 20.8. The number of methoxy groups -OCH3 is 1. The van der Waals surface area contributed by atoms with E-state index in [2.05, 4.69) is 11.1 Å². The van der Waals surface area contributed by atoms with E-state index in [0.29, 0.717) is 29.9 Å². The van der Waals surface area contributed by atoms with E-state index in [0.717, 1.165) is 15.8 Å². The maximum Gasteiger partial charge on any atom is 0.266 e. The van der Waals surface area contributed by atoms with Crippen LogP contribution in [0.5, 0.6) is 5.75 Å². The van der Waals surface area contributed by atoms with Crippen LogP contribution in [0.3, 0.4) is 0 Å². The van der Waals surface area contributed by atoms with Crippen molar-refractivity contribution >= 4 is 37.5 Å². The van der Waals surface area contributed by atoms with Gasteiger partial charge in [-0.3, -0.25) is 4.79 Å². The highest BCUT2D eigenvalue weighted by molar-refractivity contribution is 7.89. The average Bonchev–Trinajstić information content (AvgIpc) is 3.34. The molecule has 3 aromatic rings. The van der Waals surface area contributed by atoms with Crippen molar-refractivity contribution in [2.45, 2.75) is 30.7 Å². The van der Waals surface area contributed by atoms with Crippen molar-refractivity contribution in [3.05, 3.63) is 52.8 Å². The Balaban J connectivity index is 1.67. The number of sulfonamides is 1. The summed E-state index contributed by atoms with van der Waals surface area (Å²) >= 11 is 1.43. The van der Waals surface area contributed by atoms with Gasteiger partial charge in [0.15, 0.2) is 4.80 Å². The number of amides is 1. The number of aryl methyl sites for hydroxylation is 2. The van der Waals surface area contributed by atoms with Crippen molar-refractivity contribution in [2.75, 3.05) is 13.7 Å². The number of nitrogens with zero attached hydrogens (tertiary/aromatic N) is 3. The van der Waals surface area contributed by atoms with Gasteiger partial charge in [-0.25, -0.2) is 8.42 Å². The van der Waals surface area contributed by atoms with E-state index in [1.807, 2.05) is 30.7 Å². The zero-order chi connectivity index (χ0) is 21.5. The van der Waals surface area contributed by atoms with E-state index in [4.69, 9.17) is 4.74 Å². The van der Waals surface area contributed by atoms with Gasteiger partial charge in [-0.1, -0.05) is 17.4 Å². The van der Waals surface area contributed by atoms with Crippen LogP contribution < -0.4 is 9.54 Å². The van der Waals surface area contributed by atoms with Gasteiger partial charge in [-0.2, -0.15) is 9.30 Å².